The zero-order chi connectivity index (χ0) is 19.0. The summed E-state index contributed by atoms with van der Waals surface area (Å²) in [5, 5.41) is 3.72. The number of carbonyl (C=O) groups is 1. The minimum Gasteiger partial charge on any atom is -0.459 e. The van der Waals surface area contributed by atoms with E-state index in [4.69, 9.17) is 9.15 Å². The SMILES string of the molecule is Cc1c(C(C)NC(=O)CC2OCCc3ccccc32)oc2ccc(F)cc12. The summed E-state index contributed by atoms with van der Waals surface area (Å²) in [6, 6.07) is 12.2. The van der Waals surface area contributed by atoms with Gasteiger partial charge in [0.25, 0.3) is 0 Å². The lowest BCUT2D eigenvalue weighted by Gasteiger charge is -2.26. The van der Waals surface area contributed by atoms with Gasteiger partial charge in [-0.1, -0.05) is 24.3 Å². The first kappa shape index (κ1) is 17.7. The molecule has 1 aliphatic rings. The van der Waals surface area contributed by atoms with Crippen molar-refractivity contribution in [1.29, 1.82) is 0 Å². The molecule has 1 aliphatic heterocycles. The summed E-state index contributed by atoms with van der Waals surface area (Å²) in [4.78, 5) is 12.6. The Morgan fingerprint density at radius 1 is 1.30 bits per heavy atom. The summed E-state index contributed by atoms with van der Waals surface area (Å²) in [6.07, 6.45) is 0.905. The molecule has 3 aromatic rings. The van der Waals surface area contributed by atoms with Gasteiger partial charge in [0, 0.05) is 10.9 Å². The summed E-state index contributed by atoms with van der Waals surface area (Å²) < 4.78 is 25.2. The van der Waals surface area contributed by atoms with E-state index in [-0.39, 0.29) is 30.3 Å². The second-order valence-corrected chi connectivity index (χ2v) is 7.03. The monoisotopic (exact) mass is 367 g/mol. The summed E-state index contributed by atoms with van der Waals surface area (Å²) in [5.41, 5.74) is 3.79. The first-order valence-corrected chi connectivity index (χ1v) is 9.20. The Hall–Kier alpha value is -2.66. The molecule has 0 saturated heterocycles. The fourth-order valence-electron chi connectivity index (χ4n) is 3.81. The molecule has 2 aromatic carbocycles. The van der Waals surface area contributed by atoms with Gasteiger partial charge in [-0.25, -0.2) is 4.39 Å². The molecule has 5 heteroatoms. The minimum atomic E-state index is -0.313. The number of nitrogens with one attached hydrogen (secondary N) is 1. The number of carbonyl (C=O) groups excluding carboxylic acids is 1. The lowest BCUT2D eigenvalue weighted by atomic mass is 9.95. The molecule has 2 unspecified atom stereocenters. The number of benzene rings is 2. The van der Waals surface area contributed by atoms with Crippen LogP contribution >= 0.6 is 0 Å². The first-order valence-electron chi connectivity index (χ1n) is 9.20. The largest absolute Gasteiger partial charge is 0.459 e. The second kappa shape index (κ2) is 7.16. The van der Waals surface area contributed by atoms with Crippen molar-refractivity contribution in [2.24, 2.45) is 0 Å². The normalized spacial score (nSPS) is 17.5. The van der Waals surface area contributed by atoms with E-state index < -0.39 is 0 Å². The molecule has 0 fully saturated rings. The molecule has 1 aromatic heterocycles. The van der Waals surface area contributed by atoms with Crippen molar-refractivity contribution >= 4 is 16.9 Å². The number of hydrogen-bond donors (Lipinski definition) is 1. The molecule has 0 saturated carbocycles. The Labute approximate surface area is 157 Å². The van der Waals surface area contributed by atoms with E-state index in [9.17, 15) is 9.18 Å². The van der Waals surface area contributed by atoms with Gasteiger partial charge in [0.05, 0.1) is 25.2 Å². The van der Waals surface area contributed by atoms with Crippen molar-refractivity contribution in [2.75, 3.05) is 6.61 Å². The lowest BCUT2D eigenvalue weighted by molar-refractivity contribution is -0.125. The zero-order valence-electron chi connectivity index (χ0n) is 15.4. The van der Waals surface area contributed by atoms with Gasteiger partial charge in [-0.3, -0.25) is 4.79 Å². The van der Waals surface area contributed by atoms with Crippen LogP contribution in [-0.2, 0) is 16.0 Å². The van der Waals surface area contributed by atoms with Crippen LogP contribution in [0.3, 0.4) is 0 Å². The minimum absolute atomic E-state index is 0.102. The van der Waals surface area contributed by atoms with Gasteiger partial charge in [-0.2, -0.15) is 0 Å². The van der Waals surface area contributed by atoms with Crippen LogP contribution in [-0.4, -0.2) is 12.5 Å². The topological polar surface area (TPSA) is 51.5 Å². The highest BCUT2D eigenvalue weighted by Crippen LogP contribution is 2.32. The molecular formula is C22H22FNO3. The van der Waals surface area contributed by atoms with E-state index in [1.807, 2.05) is 32.0 Å². The Morgan fingerprint density at radius 3 is 2.96 bits per heavy atom. The summed E-state index contributed by atoms with van der Waals surface area (Å²) in [5.74, 6) is 0.243. The summed E-state index contributed by atoms with van der Waals surface area (Å²) >= 11 is 0. The van der Waals surface area contributed by atoms with E-state index >= 15 is 0 Å². The molecule has 1 N–H and O–H groups in total. The van der Waals surface area contributed by atoms with E-state index in [1.54, 1.807) is 6.07 Å². The van der Waals surface area contributed by atoms with Crippen molar-refractivity contribution in [2.45, 2.75) is 38.8 Å². The molecule has 27 heavy (non-hydrogen) atoms. The van der Waals surface area contributed by atoms with E-state index in [2.05, 4.69) is 11.4 Å². The number of fused-ring (bicyclic) bond motifs is 2. The summed E-state index contributed by atoms with van der Waals surface area (Å²) in [6.45, 7) is 4.37. The Morgan fingerprint density at radius 2 is 2.11 bits per heavy atom. The van der Waals surface area contributed by atoms with Crippen molar-refractivity contribution in [3.05, 3.63) is 70.7 Å². The van der Waals surface area contributed by atoms with Crippen LogP contribution in [0.25, 0.3) is 11.0 Å². The van der Waals surface area contributed by atoms with Crippen LogP contribution in [0.15, 0.2) is 46.9 Å². The highest BCUT2D eigenvalue weighted by atomic mass is 19.1. The predicted octanol–water partition coefficient (Wildman–Crippen LogP) is 4.76. The van der Waals surface area contributed by atoms with Crippen molar-refractivity contribution < 1.29 is 18.3 Å². The molecule has 0 spiro atoms. The first-order chi connectivity index (χ1) is 13.0. The van der Waals surface area contributed by atoms with Gasteiger partial charge in [0.1, 0.15) is 17.2 Å². The van der Waals surface area contributed by atoms with E-state index in [0.717, 1.165) is 22.9 Å². The number of hydrogen-bond acceptors (Lipinski definition) is 3. The number of rotatable bonds is 4. The quantitative estimate of drug-likeness (QED) is 0.723. The van der Waals surface area contributed by atoms with Gasteiger partial charge in [-0.15, -0.1) is 0 Å². The molecule has 0 radical (unpaired) electrons. The van der Waals surface area contributed by atoms with Crippen molar-refractivity contribution in [3.63, 3.8) is 0 Å². The number of halogens is 1. The van der Waals surface area contributed by atoms with Gasteiger partial charge in [-0.05, 0) is 49.6 Å². The maximum Gasteiger partial charge on any atom is 0.223 e. The van der Waals surface area contributed by atoms with Crippen LogP contribution < -0.4 is 5.32 Å². The fourth-order valence-corrected chi connectivity index (χ4v) is 3.81. The fraction of sp³-hybridized carbons (Fsp3) is 0.318. The van der Waals surface area contributed by atoms with E-state index in [0.29, 0.717) is 18.0 Å². The number of aryl methyl sites for hydroxylation is 1. The zero-order valence-corrected chi connectivity index (χ0v) is 15.4. The Bertz CT molecular complexity index is 994. The molecule has 4 rings (SSSR count). The molecule has 2 atom stereocenters. The number of furan rings is 1. The highest BCUT2D eigenvalue weighted by Gasteiger charge is 2.25. The standard InChI is InChI=1S/C22H22FNO3/c1-13-18-11-16(23)7-8-19(18)27-22(13)14(2)24-21(25)12-20-17-6-4-3-5-15(17)9-10-26-20/h3-8,11,14,20H,9-10,12H2,1-2H3,(H,24,25). The molecule has 0 bridgehead atoms. The molecular weight excluding hydrogens is 345 g/mol. The van der Waals surface area contributed by atoms with Crippen LogP contribution in [0.4, 0.5) is 4.39 Å². The maximum atomic E-state index is 13.5. The maximum absolute atomic E-state index is 13.5. The van der Waals surface area contributed by atoms with Gasteiger partial charge in [0.15, 0.2) is 0 Å². The average Bonchev–Trinajstić information content (AvgIpc) is 2.98. The van der Waals surface area contributed by atoms with Crippen LogP contribution in [0.2, 0.25) is 0 Å². The van der Waals surface area contributed by atoms with Crippen molar-refractivity contribution in [3.8, 4) is 0 Å². The third-order valence-electron chi connectivity index (χ3n) is 5.17. The van der Waals surface area contributed by atoms with Crippen LogP contribution in [0.1, 0.15) is 47.9 Å². The van der Waals surface area contributed by atoms with Gasteiger partial charge < -0.3 is 14.5 Å². The predicted molar refractivity (Wildman–Crippen MR) is 101 cm³/mol. The Balaban J connectivity index is 1.48. The lowest BCUT2D eigenvalue weighted by Crippen LogP contribution is -2.30. The number of ether oxygens (including phenoxy) is 1. The molecule has 4 nitrogen and oxygen atoms in total. The van der Waals surface area contributed by atoms with E-state index in [1.165, 1.54) is 17.7 Å². The molecule has 2 heterocycles. The van der Waals surface area contributed by atoms with Crippen molar-refractivity contribution in [1.82, 2.24) is 5.32 Å². The molecule has 1 amide bonds. The number of amides is 1. The average molecular weight is 367 g/mol. The highest BCUT2D eigenvalue weighted by molar-refractivity contribution is 5.83. The van der Waals surface area contributed by atoms with Crippen LogP contribution in [0, 0.1) is 12.7 Å². The van der Waals surface area contributed by atoms with Crippen LogP contribution in [0.5, 0.6) is 0 Å². The smallest absolute Gasteiger partial charge is 0.223 e. The molecule has 0 aliphatic carbocycles. The second-order valence-electron chi connectivity index (χ2n) is 7.03. The summed E-state index contributed by atoms with van der Waals surface area (Å²) in [7, 11) is 0. The Kier molecular flexibility index (Phi) is 4.70. The third-order valence-corrected chi connectivity index (χ3v) is 5.17. The molecule has 140 valence electrons. The third kappa shape index (κ3) is 3.47. The van der Waals surface area contributed by atoms with Gasteiger partial charge >= 0.3 is 0 Å². The van der Waals surface area contributed by atoms with Gasteiger partial charge in [0.2, 0.25) is 5.91 Å².